The molecule has 11 heavy (non-hydrogen) atoms. The molecule has 0 fully saturated rings. The molecular formula is C7H17NO2S. The van der Waals surface area contributed by atoms with Gasteiger partial charge in [-0.15, -0.1) is 0 Å². The van der Waals surface area contributed by atoms with Crippen molar-refractivity contribution in [3.63, 3.8) is 0 Å². The van der Waals surface area contributed by atoms with Gasteiger partial charge in [-0.1, -0.05) is 0 Å². The predicted octanol–water partition coefficient (Wildman–Crippen LogP) is -0.621. The molecule has 4 heteroatoms. The average Bonchev–Trinajstić information content (AvgIpc) is 1.58. The summed E-state index contributed by atoms with van der Waals surface area (Å²) in [4.78, 5) is 8.89. The van der Waals surface area contributed by atoms with Gasteiger partial charge in [0.2, 0.25) is 0 Å². The first-order valence-corrected chi connectivity index (χ1v) is 4.01. The minimum atomic E-state index is -1.08. The van der Waals surface area contributed by atoms with Crippen LogP contribution in [0.2, 0.25) is 0 Å². The largest absolute Gasteiger partial charge is 0.550 e. The smallest absolute Gasteiger partial charge is 0.0869 e. The lowest BCUT2D eigenvalue weighted by Gasteiger charge is -2.22. The number of rotatable bonds is 2. The molecule has 0 amide bonds. The van der Waals surface area contributed by atoms with Gasteiger partial charge in [0.25, 0.3) is 0 Å². The van der Waals surface area contributed by atoms with Crippen molar-refractivity contribution >= 4 is 18.6 Å². The fourth-order valence-electron chi connectivity index (χ4n) is 0.300. The number of nitrogens with zero attached hydrogens (tertiary/aromatic N) is 1. The summed E-state index contributed by atoms with van der Waals surface area (Å²) in [7, 11) is 6.49. The first kappa shape index (κ1) is 13.4. The number of aliphatic carboxylic acids is 1. The van der Waals surface area contributed by atoms with Crippen LogP contribution in [0.3, 0.4) is 0 Å². The van der Waals surface area contributed by atoms with Gasteiger partial charge < -0.3 is 14.4 Å². The highest BCUT2D eigenvalue weighted by molar-refractivity contribution is 7.80. The fraction of sp³-hybridized carbons (Fsp3) is 0.857. The molecule has 0 spiro atoms. The van der Waals surface area contributed by atoms with E-state index in [0.717, 1.165) is 23.7 Å². The van der Waals surface area contributed by atoms with Gasteiger partial charge in [-0.05, 0) is 6.92 Å². The van der Waals surface area contributed by atoms with Crippen LogP contribution in [0.1, 0.15) is 6.92 Å². The zero-order chi connectivity index (χ0) is 9.49. The second-order valence-electron chi connectivity index (χ2n) is 3.23. The van der Waals surface area contributed by atoms with Gasteiger partial charge in [0, 0.05) is 11.7 Å². The summed E-state index contributed by atoms with van der Waals surface area (Å²) < 4.78 is 1.02. The molecule has 0 unspecified atom stereocenters. The van der Waals surface area contributed by atoms with Crippen LogP contribution in [-0.4, -0.2) is 43.9 Å². The molecule has 0 aliphatic heterocycles. The van der Waals surface area contributed by atoms with Crippen LogP contribution in [0.25, 0.3) is 0 Å². The van der Waals surface area contributed by atoms with Crippen molar-refractivity contribution in [2.24, 2.45) is 0 Å². The molecule has 0 saturated carbocycles. The summed E-state index contributed by atoms with van der Waals surface area (Å²) in [6.07, 6.45) is 0. The monoisotopic (exact) mass is 179 g/mol. The summed E-state index contributed by atoms with van der Waals surface area (Å²) in [5, 5.41) is 8.89. The van der Waals surface area contributed by atoms with Crippen LogP contribution >= 0.6 is 12.6 Å². The van der Waals surface area contributed by atoms with Gasteiger partial charge in [-0.2, -0.15) is 12.6 Å². The number of carboxylic acid groups (broad SMARTS) is 1. The van der Waals surface area contributed by atoms with Gasteiger partial charge >= 0.3 is 0 Å². The maximum Gasteiger partial charge on any atom is 0.0869 e. The molecular weight excluding hydrogens is 162 g/mol. The normalized spacial score (nSPS) is 9.91. The Morgan fingerprint density at radius 3 is 1.73 bits per heavy atom. The van der Waals surface area contributed by atoms with E-state index in [-0.39, 0.29) is 0 Å². The van der Waals surface area contributed by atoms with E-state index in [9.17, 15) is 0 Å². The summed E-state index contributed by atoms with van der Waals surface area (Å²) in [5.41, 5.74) is 0. The molecule has 0 aliphatic rings. The van der Waals surface area contributed by atoms with E-state index < -0.39 is 5.97 Å². The van der Waals surface area contributed by atoms with E-state index in [0.29, 0.717) is 0 Å². The van der Waals surface area contributed by atoms with Crippen molar-refractivity contribution in [2.75, 3.05) is 33.4 Å². The summed E-state index contributed by atoms with van der Waals surface area (Å²) >= 11 is 4.10. The van der Waals surface area contributed by atoms with Crippen LogP contribution in [0.4, 0.5) is 0 Å². The van der Waals surface area contributed by atoms with Crippen molar-refractivity contribution in [1.29, 1.82) is 0 Å². The molecule has 0 aliphatic carbocycles. The Bertz CT molecular complexity index is 105. The van der Waals surface area contributed by atoms with Gasteiger partial charge in [0.1, 0.15) is 0 Å². The number of hydrogen-bond acceptors (Lipinski definition) is 3. The third kappa shape index (κ3) is 41.4. The predicted molar refractivity (Wildman–Crippen MR) is 47.4 cm³/mol. The average molecular weight is 179 g/mol. The molecule has 0 bridgehead atoms. The molecule has 0 heterocycles. The second kappa shape index (κ2) is 6.49. The molecule has 0 aromatic rings. The Kier molecular flexibility index (Phi) is 7.89. The van der Waals surface area contributed by atoms with Gasteiger partial charge in [0.15, 0.2) is 0 Å². The topological polar surface area (TPSA) is 40.1 Å². The lowest BCUT2D eigenvalue weighted by atomic mass is 10.6. The van der Waals surface area contributed by atoms with Crippen molar-refractivity contribution in [3.05, 3.63) is 0 Å². The molecule has 0 saturated heterocycles. The lowest BCUT2D eigenvalue weighted by Crippen LogP contribution is -2.36. The van der Waals surface area contributed by atoms with E-state index in [1.165, 1.54) is 0 Å². The molecule has 68 valence electrons. The summed E-state index contributed by atoms with van der Waals surface area (Å²) in [6, 6.07) is 0. The van der Waals surface area contributed by atoms with Gasteiger partial charge in [0.05, 0.1) is 27.7 Å². The van der Waals surface area contributed by atoms with Gasteiger partial charge in [-0.25, -0.2) is 0 Å². The fourth-order valence-corrected chi connectivity index (χ4v) is 0.900. The molecule has 0 radical (unpaired) electrons. The van der Waals surface area contributed by atoms with E-state index in [2.05, 4.69) is 33.8 Å². The highest BCUT2D eigenvalue weighted by atomic mass is 32.1. The van der Waals surface area contributed by atoms with E-state index in [4.69, 9.17) is 9.90 Å². The summed E-state index contributed by atoms with van der Waals surface area (Å²) in [6.45, 7) is 2.11. The molecule has 0 aromatic carbocycles. The lowest BCUT2D eigenvalue weighted by molar-refractivity contribution is -0.867. The number of carbonyl (C=O) groups is 1. The number of hydrogen-bond donors (Lipinski definition) is 1. The van der Waals surface area contributed by atoms with Crippen LogP contribution in [0.15, 0.2) is 0 Å². The van der Waals surface area contributed by atoms with Gasteiger partial charge in [-0.3, -0.25) is 0 Å². The highest BCUT2D eigenvalue weighted by Crippen LogP contribution is 1.88. The highest BCUT2D eigenvalue weighted by Gasteiger charge is 2.01. The standard InChI is InChI=1S/C5H13NS.C2H4O2/c1-6(2,3)4-5-7;1-2(3)4/h4-5H2,1-3H3;1H3,(H,3,4). The Hall–Kier alpha value is -0.220. The van der Waals surface area contributed by atoms with Crippen molar-refractivity contribution in [2.45, 2.75) is 6.92 Å². The quantitative estimate of drug-likeness (QED) is 0.453. The molecule has 0 atom stereocenters. The van der Waals surface area contributed by atoms with E-state index in [1.54, 1.807) is 0 Å². The third-order valence-electron chi connectivity index (χ3n) is 0.771. The Morgan fingerprint density at radius 2 is 1.73 bits per heavy atom. The number of carboxylic acids is 1. The maximum atomic E-state index is 8.89. The molecule has 0 aromatic heterocycles. The Balaban J connectivity index is 0. The minimum absolute atomic E-state index is 0.972. The maximum absolute atomic E-state index is 8.89. The van der Waals surface area contributed by atoms with Crippen LogP contribution in [0, 0.1) is 0 Å². The zero-order valence-electron chi connectivity index (χ0n) is 7.63. The van der Waals surface area contributed by atoms with Crippen LogP contribution < -0.4 is 5.11 Å². The molecule has 0 N–H and O–H groups in total. The molecule has 3 nitrogen and oxygen atoms in total. The van der Waals surface area contributed by atoms with Crippen LogP contribution in [0.5, 0.6) is 0 Å². The number of carbonyl (C=O) groups excluding carboxylic acids is 1. The number of quaternary nitrogens is 1. The van der Waals surface area contributed by atoms with E-state index >= 15 is 0 Å². The van der Waals surface area contributed by atoms with Crippen molar-refractivity contribution < 1.29 is 14.4 Å². The summed E-state index contributed by atoms with van der Waals surface area (Å²) in [5.74, 6) is -0.108. The van der Waals surface area contributed by atoms with Crippen molar-refractivity contribution in [3.8, 4) is 0 Å². The zero-order valence-corrected chi connectivity index (χ0v) is 8.52. The first-order valence-electron chi connectivity index (χ1n) is 3.38. The SMILES string of the molecule is CC(=O)[O-].C[N+](C)(C)CCS. The third-order valence-corrected chi connectivity index (χ3v) is 0.971. The Morgan fingerprint density at radius 1 is 1.45 bits per heavy atom. The first-order chi connectivity index (χ1) is 4.79. The molecule has 0 rings (SSSR count). The van der Waals surface area contributed by atoms with E-state index in [1.807, 2.05) is 0 Å². The second-order valence-corrected chi connectivity index (χ2v) is 3.68. The van der Waals surface area contributed by atoms with Crippen molar-refractivity contribution in [1.82, 2.24) is 0 Å². The number of thiol groups is 1. The minimum Gasteiger partial charge on any atom is -0.550 e. The Labute approximate surface area is 74.0 Å². The van der Waals surface area contributed by atoms with Crippen LogP contribution in [-0.2, 0) is 4.79 Å².